The number of hydrogen-bond acceptors (Lipinski definition) is 2. The van der Waals surface area contributed by atoms with Crippen molar-refractivity contribution in [1.82, 2.24) is 0 Å². The fourth-order valence-corrected chi connectivity index (χ4v) is 2.55. The van der Waals surface area contributed by atoms with Gasteiger partial charge in [-0.3, -0.25) is 4.79 Å². The lowest BCUT2D eigenvalue weighted by Crippen LogP contribution is -2.49. The fraction of sp³-hybridized carbons (Fsp3) is 0.438. The van der Waals surface area contributed by atoms with Crippen molar-refractivity contribution in [1.29, 1.82) is 0 Å². The van der Waals surface area contributed by atoms with E-state index in [-0.39, 0.29) is 11.1 Å². The van der Waals surface area contributed by atoms with E-state index < -0.39 is 41.8 Å². The molecule has 3 N–H and O–H groups in total. The molecule has 0 heterocycles. The molecule has 0 fully saturated rings. The molecule has 0 radical (unpaired) electrons. The molecule has 7 heteroatoms. The van der Waals surface area contributed by atoms with Crippen LogP contribution in [0, 0.1) is 18.2 Å². The number of carbonyl (C=O) groups excluding carboxylic acids is 1. The molecule has 0 bridgehead atoms. The summed E-state index contributed by atoms with van der Waals surface area (Å²) in [7, 11) is 0. The number of primary amides is 1. The summed E-state index contributed by atoms with van der Waals surface area (Å²) in [5.41, 5.74) is 0.489. The van der Waals surface area contributed by atoms with Crippen LogP contribution < -0.4 is 5.73 Å². The summed E-state index contributed by atoms with van der Waals surface area (Å²) in [5.74, 6) is 0.169. The summed E-state index contributed by atoms with van der Waals surface area (Å²) >= 11 is 0. The van der Waals surface area contributed by atoms with Crippen molar-refractivity contribution < 1.29 is 27.5 Å². The maximum Gasteiger partial charge on any atom is 0.418 e. The van der Waals surface area contributed by atoms with E-state index in [1.807, 2.05) is 0 Å². The van der Waals surface area contributed by atoms with E-state index in [2.05, 4.69) is 0 Å². The third-order valence-corrected chi connectivity index (χ3v) is 3.63. The third kappa shape index (κ3) is 4.02. The van der Waals surface area contributed by atoms with Gasteiger partial charge in [0, 0.05) is 12.0 Å². The predicted octanol–water partition coefficient (Wildman–Crippen LogP) is 2.91. The quantitative estimate of drug-likeness (QED) is 0.644. The molecular weight excluding hydrogens is 314 g/mol. The first kappa shape index (κ1) is 19.0. The number of rotatable bonds is 5. The summed E-state index contributed by atoms with van der Waals surface area (Å²) in [6.07, 6.45) is -1.86. The predicted molar refractivity (Wildman–Crippen MR) is 77.0 cm³/mol. The molecule has 0 saturated heterocycles. The molecule has 0 aliphatic carbocycles. The van der Waals surface area contributed by atoms with Crippen molar-refractivity contribution in [3.63, 3.8) is 0 Å². The molecule has 0 aliphatic rings. The summed E-state index contributed by atoms with van der Waals surface area (Å²) < 4.78 is 53.0. The van der Waals surface area contributed by atoms with Crippen molar-refractivity contribution in [3.8, 4) is 12.3 Å². The highest BCUT2D eigenvalue weighted by atomic mass is 19.4. The highest BCUT2D eigenvalue weighted by Crippen LogP contribution is 2.43. The van der Waals surface area contributed by atoms with Crippen molar-refractivity contribution in [2.45, 2.75) is 43.9 Å². The van der Waals surface area contributed by atoms with E-state index in [1.165, 1.54) is 13.8 Å². The number of halogens is 4. The van der Waals surface area contributed by atoms with Crippen LogP contribution in [0.3, 0.4) is 0 Å². The Bertz CT molecular complexity index is 646. The molecule has 0 spiro atoms. The average molecular weight is 331 g/mol. The van der Waals surface area contributed by atoms with E-state index in [9.17, 15) is 27.5 Å². The molecule has 0 aromatic heterocycles. The van der Waals surface area contributed by atoms with Gasteiger partial charge in [0.15, 0.2) is 5.60 Å². The first-order valence-corrected chi connectivity index (χ1v) is 6.66. The summed E-state index contributed by atoms with van der Waals surface area (Å²) in [4.78, 5) is 11.5. The van der Waals surface area contributed by atoms with Gasteiger partial charge in [-0.05, 0) is 35.6 Å². The topological polar surface area (TPSA) is 63.3 Å². The molecule has 23 heavy (non-hydrogen) atoms. The minimum Gasteiger partial charge on any atom is -0.380 e. The van der Waals surface area contributed by atoms with Crippen LogP contribution in [0.1, 0.15) is 42.6 Å². The molecule has 126 valence electrons. The van der Waals surface area contributed by atoms with Gasteiger partial charge < -0.3 is 10.8 Å². The second-order valence-corrected chi connectivity index (χ2v) is 6.03. The highest BCUT2D eigenvalue weighted by molar-refractivity contribution is 5.94. The Morgan fingerprint density at radius 3 is 2.35 bits per heavy atom. The minimum atomic E-state index is -4.98. The Morgan fingerprint density at radius 2 is 1.91 bits per heavy atom. The zero-order valence-electron chi connectivity index (χ0n) is 12.7. The molecule has 1 aromatic carbocycles. The smallest absolute Gasteiger partial charge is 0.380 e. The zero-order chi connectivity index (χ0) is 18.1. The van der Waals surface area contributed by atoms with Crippen molar-refractivity contribution >= 4 is 5.91 Å². The summed E-state index contributed by atoms with van der Waals surface area (Å²) in [5, 5.41) is 9.97. The molecule has 1 amide bonds. The average Bonchev–Trinajstić information content (AvgIpc) is 2.36. The first-order valence-electron chi connectivity index (χ1n) is 6.66. The van der Waals surface area contributed by atoms with E-state index in [4.69, 9.17) is 12.2 Å². The molecule has 1 aromatic rings. The van der Waals surface area contributed by atoms with Crippen LogP contribution in [0.25, 0.3) is 0 Å². The maximum atomic E-state index is 13.5. The van der Waals surface area contributed by atoms with Gasteiger partial charge in [0.2, 0.25) is 5.91 Å². The summed E-state index contributed by atoms with van der Waals surface area (Å²) in [6.45, 7) is 2.70. The van der Waals surface area contributed by atoms with Gasteiger partial charge in [0.1, 0.15) is 5.82 Å². The lowest BCUT2D eigenvalue weighted by atomic mass is 9.72. The Kier molecular flexibility index (Phi) is 5.12. The second-order valence-electron chi connectivity index (χ2n) is 6.03. The van der Waals surface area contributed by atoms with Crippen LogP contribution in [-0.4, -0.2) is 22.8 Å². The largest absolute Gasteiger partial charge is 0.418 e. The number of alkyl halides is 3. The van der Waals surface area contributed by atoms with Crippen molar-refractivity contribution in [2.75, 3.05) is 0 Å². The van der Waals surface area contributed by atoms with E-state index in [0.29, 0.717) is 0 Å². The Hall–Kier alpha value is -2.07. The third-order valence-electron chi connectivity index (χ3n) is 3.63. The molecule has 1 rings (SSSR count). The molecule has 1 unspecified atom stereocenters. The number of carbonyl (C=O) groups is 1. The monoisotopic (exact) mass is 331 g/mol. The molecule has 0 saturated carbocycles. The van der Waals surface area contributed by atoms with Gasteiger partial charge in [-0.25, -0.2) is 4.39 Å². The molecule has 1 atom stereocenters. The lowest BCUT2D eigenvalue weighted by molar-refractivity contribution is -0.264. The van der Waals surface area contributed by atoms with Gasteiger partial charge in [0.25, 0.3) is 0 Å². The number of benzene rings is 1. The van der Waals surface area contributed by atoms with Crippen molar-refractivity contribution in [3.05, 3.63) is 35.1 Å². The number of amides is 1. The van der Waals surface area contributed by atoms with Crippen LogP contribution in [0.2, 0.25) is 0 Å². The van der Waals surface area contributed by atoms with Gasteiger partial charge >= 0.3 is 6.18 Å². The van der Waals surface area contributed by atoms with E-state index >= 15 is 0 Å². The normalized spacial score (nSPS) is 14.9. The van der Waals surface area contributed by atoms with Crippen LogP contribution in [0.15, 0.2) is 18.2 Å². The highest BCUT2D eigenvalue weighted by Gasteiger charge is 2.55. The number of nitrogens with two attached hydrogens (primary N) is 1. The van der Waals surface area contributed by atoms with Gasteiger partial charge in [-0.2, -0.15) is 13.2 Å². The minimum absolute atomic E-state index is 0.0234. The van der Waals surface area contributed by atoms with Crippen LogP contribution >= 0.6 is 0 Å². The number of hydrogen-bond donors (Lipinski definition) is 2. The molecular formula is C16H17F4NO2. The molecule has 3 nitrogen and oxygen atoms in total. The zero-order valence-corrected chi connectivity index (χ0v) is 12.7. The lowest BCUT2D eigenvalue weighted by Gasteiger charge is -2.37. The summed E-state index contributed by atoms with van der Waals surface area (Å²) in [6, 6.07) is 3.02. The maximum absolute atomic E-state index is 13.5. The van der Waals surface area contributed by atoms with Crippen molar-refractivity contribution in [2.24, 2.45) is 5.73 Å². The Labute approximate surface area is 131 Å². The molecule has 0 aliphatic heterocycles. The van der Waals surface area contributed by atoms with Gasteiger partial charge in [-0.1, -0.05) is 13.8 Å². The van der Waals surface area contributed by atoms with E-state index in [1.54, 1.807) is 5.92 Å². The van der Waals surface area contributed by atoms with Gasteiger partial charge in [-0.15, -0.1) is 12.3 Å². The standard InChI is InChI=1S/C16H17F4NO2/c1-4-7-15(23,16(18,19)20)9-14(2,3)12-8-10(17)5-6-11(12)13(21)22/h1,5-6,8,23H,7,9H2,2-3H3,(H2,21,22). The second kappa shape index (κ2) is 6.20. The fourth-order valence-electron chi connectivity index (χ4n) is 2.55. The van der Waals surface area contributed by atoms with Crippen LogP contribution in [0.4, 0.5) is 17.6 Å². The van der Waals surface area contributed by atoms with Crippen LogP contribution in [-0.2, 0) is 5.41 Å². The Balaban J connectivity index is 3.39. The van der Waals surface area contributed by atoms with Crippen LogP contribution in [0.5, 0.6) is 0 Å². The van der Waals surface area contributed by atoms with Gasteiger partial charge in [0.05, 0.1) is 0 Å². The first-order chi connectivity index (χ1) is 10.3. The SMILES string of the molecule is C#CCC(O)(CC(C)(C)c1cc(F)ccc1C(N)=O)C(F)(F)F. The Morgan fingerprint density at radius 1 is 1.35 bits per heavy atom. The number of terminal acetylenes is 1. The van der Waals surface area contributed by atoms with E-state index in [0.717, 1.165) is 18.2 Å². The number of aliphatic hydroxyl groups is 1.